The second-order valence-electron chi connectivity index (χ2n) is 16.6. The summed E-state index contributed by atoms with van der Waals surface area (Å²) >= 11 is 0. The minimum Gasteiger partial charge on any atom is -0.501 e. The van der Waals surface area contributed by atoms with Crippen molar-refractivity contribution in [1.82, 2.24) is 24.7 Å². The predicted octanol–water partition coefficient (Wildman–Crippen LogP) is 12.9. The molecule has 4 heterocycles. The van der Waals surface area contributed by atoms with Gasteiger partial charge in [-0.2, -0.15) is 10.2 Å². The topological polar surface area (TPSA) is 107 Å². The number of aromatic nitrogens is 5. The van der Waals surface area contributed by atoms with E-state index in [1.807, 2.05) is 30.3 Å². The molecule has 0 aliphatic heterocycles. The zero-order valence-electron chi connectivity index (χ0n) is 35.2. The molecule has 0 aliphatic rings. The molecule has 0 bridgehead atoms. The van der Waals surface area contributed by atoms with Gasteiger partial charge in [0.05, 0.1) is 34.8 Å². The van der Waals surface area contributed by atoms with Gasteiger partial charge in [0.25, 0.3) is 5.97 Å². The standard InChI is InChI=1S/C35H28FN4O.C16H15FNO2.Ir/c1-20(2)25-7-5-8-26(21(3)4)33(25)40-31-19-38-37-18-30(31)39-35(40)29-10-6-9-28-27-16-13-23(17-32(27)41-34(28)29)22-11-14-24(36)15-12-22;1-16(2,3)11-5-7-14(18-9-11)12-6-4-10(15(19)20)8-13(12)17;/h5-9,11-21H,1-4H3;4-5,7-9H,1-3H3,(H,19,20);/q2*-1;. The normalized spacial score (nSPS) is 11.6. The van der Waals surface area contributed by atoms with E-state index in [4.69, 9.17) is 14.5 Å². The number of carboxylic acid groups (broad SMARTS) is 1. The Morgan fingerprint density at radius 1 is 0.790 bits per heavy atom. The Kier molecular flexibility index (Phi) is 12.3. The number of hydrogen-bond acceptors (Lipinski definition) is 6. The summed E-state index contributed by atoms with van der Waals surface area (Å²) in [5.74, 6) is -0.761. The van der Waals surface area contributed by atoms with Crippen LogP contribution in [0.5, 0.6) is 0 Å². The number of para-hydroxylation sites is 1. The van der Waals surface area contributed by atoms with E-state index in [1.54, 1.807) is 36.8 Å². The van der Waals surface area contributed by atoms with E-state index < -0.39 is 11.8 Å². The van der Waals surface area contributed by atoms with Crippen LogP contribution in [0.25, 0.3) is 72.4 Å². The fourth-order valence-electron chi connectivity index (χ4n) is 7.51. The van der Waals surface area contributed by atoms with E-state index in [-0.39, 0.29) is 42.5 Å². The molecule has 0 unspecified atom stereocenters. The summed E-state index contributed by atoms with van der Waals surface area (Å²) in [6.45, 7) is 15.1. The maximum absolute atomic E-state index is 13.9. The van der Waals surface area contributed by atoms with Crippen molar-refractivity contribution in [3.05, 3.63) is 162 Å². The van der Waals surface area contributed by atoms with Gasteiger partial charge in [-0.25, -0.2) is 4.39 Å². The smallest absolute Gasteiger partial charge is 0.292 e. The molecule has 9 rings (SSSR count). The number of rotatable bonds is 7. The summed E-state index contributed by atoms with van der Waals surface area (Å²) in [5, 5.41) is 19.1. The molecule has 0 aliphatic carbocycles. The average molecular weight is 1000 g/mol. The van der Waals surface area contributed by atoms with Gasteiger partial charge in [-0.15, -0.1) is 30.3 Å². The number of fused-ring (bicyclic) bond motifs is 4. The quantitative estimate of drug-likeness (QED) is 0.158. The summed E-state index contributed by atoms with van der Waals surface area (Å²) in [7, 11) is 0. The van der Waals surface area contributed by atoms with Gasteiger partial charge in [-0.05, 0) is 74.5 Å². The summed E-state index contributed by atoms with van der Waals surface area (Å²) < 4.78 is 36.2. The van der Waals surface area contributed by atoms with Gasteiger partial charge in [0.15, 0.2) is 0 Å². The third-order valence-corrected chi connectivity index (χ3v) is 10.8. The molecule has 5 aromatic carbocycles. The van der Waals surface area contributed by atoms with E-state index >= 15 is 0 Å². The Morgan fingerprint density at radius 3 is 2.11 bits per heavy atom. The van der Waals surface area contributed by atoms with Crippen molar-refractivity contribution in [1.29, 1.82) is 0 Å². The molecule has 0 amide bonds. The van der Waals surface area contributed by atoms with Crippen molar-refractivity contribution in [2.75, 3.05) is 0 Å². The minimum absolute atomic E-state index is 0. The molecule has 4 aromatic heterocycles. The molecule has 315 valence electrons. The van der Waals surface area contributed by atoms with Gasteiger partial charge in [-0.1, -0.05) is 126 Å². The Hall–Kier alpha value is -6.42. The fourth-order valence-corrected chi connectivity index (χ4v) is 7.51. The van der Waals surface area contributed by atoms with Crippen LogP contribution in [0.3, 0.4) is 0 Å². The molecule has 0 saturated heterocycles. The predicted molar refractivity (Wildman–Crippen MR) is 236 cm³/mol. The van der Waals surface area contributed by atoms with Crippen molar-refractivity contribution in [3.63, 3.8) is 0 Å². The van der Waals surface area contributed by atoms with Gasteiger partial charge in [0, 0.05) is 43.2 Å². The first-order chi connectivity index (χ1) is 29.2. The number of imidazole rings is 1. The SMILES string of the molecule is CC(C)(C)c1ccc(-c2[c-]cc(C(=O)O)cc2F)nc1.CC(C)c1cccc(C(C)C)c1-n1c(-c2[c-]ccc3c2oc2cc(-c4ccc(F)cc4)ccc23)nc2cnncc21.[Ir]. The first-order valence-corrected chi connectivity index (χ1v) is 20.1. The van der Waals surface area contributed by atoms with Gasteiger partial charge < -0.3 is 19.1 Å². The van der Waals surface area contributed by atoms with Gasteiger partial charge >= 0.3 is 0 Å². The van der Waals surface area contributed by atoms with Crippen molar-refractivity contribution in [3.8, 4) is 39.5 Å². The average Bonchev–Trinajstić information content (AvgIpc) is 3.82. The molecule has 1 N–H and O–H groups in total. The molecule has 0 saturated carbocycles. The molecule has 1 radical (unpaired) electrons. The summed E-state index contributed by atoms with van der Waals surface area (Å²) in [6, 6.07) is 35.0. The van der Waals surface area contributed by atoms with Crippen LogP contribution in [0.2, 0.25) is 0 Å². The Bertz CT molecular complexity index is 3050. The zero-order valence-corrected chi connectivity index (χ0v) is 37.6. The number of furan rings is 1. The Labute approximate surface area is 372 Å². The first kappa shape index (κ1) is 43.7. The van der Waals surface area contributed by atoms with Crippen molar-refractivity contribution >= 4 is 38.9 Å². The van der Waals surface area contributed by atoms with E-state index in [9.17, 15) is 13.6 Å². The van der Waals surface area contributed by atoms with Crippen LogP contribution in [0.1, 0.15) is 87.4 Å². The van der Waals surface area contributed by atoms with Crippen LogP contribution in [0.15, 0.2) is 120 Å². The number of hydrogen-bond donors (Lipinski definition) is 1. The van der Waals surface area contributed by atoms with E-state index in [0.717, 1.165) is 67.2 Å². The molecular weight excluding hydrogens is 961 g/mol. The van der Waals surface area contributed by atoms with Crippen LogP contribution in [-0.4, -0.2) is 35.8 Å². The third-order valence-electron chi connectivity index (χ3n) is 10.8. The third kappa shape index (κ3) is 8.43. The van der Waals surface area contributed by atoms with Crippen LogP contribution in [0, 0.1) is 23.8 Å². The van der Waals surface area contributed by atoms with Crippen molar-refractivity contribution in [2.45, 2.75) is 65.7 Å². The van der Waals surface area contributed by atoms with Crippen LogP contribution >= 0.6 is 0 Å². The van der Waals surface area contributed by atoms with Crippen LogP contribution < -0.4 is 0 Å². The summed E-state index contributed by atoms with van der Waals surface area (Å²) in [4.78, 5) is 20.1. The molecule has 9 aromatic rings. The number of carboxylic acids is 1. The maximum Gasteiger partial charge on any atom is 0.292 e. The second kappa shape index (κ2) is 17.5. The largest absolute Gasteiger partial charge is 0.501 e. The number of benzene rings is 5. The maximum atomic E-state index is 13.9. The fraction of sp³-hybridized carbons (Fsp3) is 0.196. The van der Waals surface area contributed by atoms with Crippen molar-refractivity contribution in [2.24, 2.45) is 0 Å². The van der Waals surface area contributed by atoms with Crippen LogP contribution in [-0.2, 0) is 25.5 Å². The first-order valence-electron chi connectivity index (χ1n) is 20.1. The molecule has 62 heavy (non-hydrogen) atoms. The number of carbonyl (C=O) groups is 1. The Balaban J connectivity index is 0.000000233. The van der Waals surface area contributed by atoms with Crippen molar-refractivity contribution < 1.29 is 43.2 Å². The summed E-state index contributed by atoms with van der Waals surface area (Å²) in [6.07, 6.45) is 5.19. The molecular formula is C51H43F2IrN5O3-2. The molecule has 8 nitrogen and oxygen atoms in total. The minimum atomic E-state index is -1.18. The summed E-state index contributed by atoms with van der Waals surface area (Å²) in [5.41, 5.74) is 10.8. The van der Waals surface area contributed by atoms with E-state index in [0.29, 0.717) is 23.1 Å². The Morgan fingerprint density at radius 2 is 1.48 bits per heavy atom. The number of nitrogens with zero attached hydrogens (tertiary/aromatic N) is 5. The number of halogens is 2. The second-order valence-corrected chi connectivity index (χ2v) is 16.6. The van der Waals surface area contributed by atoms with Crippen LogP contribution in [0.4, 0.5) is 8.78 Å². The molecule has 0 spiro atoms. The molecule has 0 atom stereocenters. The molecule has 11 heteroatoms. The number of pyridine rings is 1. The van der Waals surface area contributed by atoms with Gasteiger partial charge in [0.2, 0.25) is 0 Å². The monoisotopic (exact) mass is 1000 g/mol. The zero-order chi connectivity index (χ0) is 43.2. The molecule has 0 fully saturated rings. The van der Waals surface area contributed by atoms with E-state index in [1.165, 1.54) is 29.3 Å². The van der Waals surface area contributed by atoms with E-state index in [2.05, 4.69) is 105 Å². The van der Waals surface area contributed by atoms with Gasteiger partial charge in [0.1, 0.15) is 11.4 Å². The van der Waals surface area contributed by atoms with Gasteiger partial charge in [-0.3, -0.25) is 14.2 Å². The number of aromatic carboxylic acids is 1.